The van der Waals surface area contributed by atoms with Crippen LogP contribution in [0.3, 0.4) is 0 Å². The monoisotopic (exact) mass is 602 g/mol. The van der Waals surface area contributed by atoms with E-state index in [-0.39, 0.29) is 23.8 Å². The minimum Gasteiger partial charge on any atom is -0.351 e. The van der Waals surface area contributed by atoms with Gasteiger partial charge >= 0.3 is 6.03 Å². The fraction of sp³-hybridized carbons (Fsp3) is 0.344. The van der Waals surface area contributed by atoms with Crippen LogP contribution in [0.4, 0.5) is 16.3 Å². The second-order valence-corrected chi connectivity index (χ2v) is 13.2. The molecule has 43 heavy (non-hydrogen) atoms. The summed E-state index contributed by atoms with van der Waals surface area (Å²) in [5.41, 5.74) is 1.22. The number of aromatic nitrogens is 2. The maximum atomic E-state index is 13.4. The van der Waals surface area contributed by atoms with Crippen LogP contribution >= 0.6 is 11.6 Å². The molecule has 0 saturated carbocycles. The second-order valence-electron chi connectivity index (χ2n) is 12.8. The summed E-state index contributed by atoms with van der Waals surface area (Å²) in [6.07, 6.45) is 2.31. The predicted molar refractivity (Wildman–Crippen MR) is 165 cm³/mol. The Kier molecular flexibility index (Phi) is 7.68. The molecule has 0 spiro atoms. The third-order valence-electron chi connectivity index (χ3n) is 7.85. The van der Waals surface area contributed by atoms with Crippen molar-refractivity contribution in [3.8, 4) is 5.69 Å². The predicted octanol–water partition coefficient (Wildman–Crippen LogP) is 5.47. The molecule has 2 unspecified atom stereocenters. The summed E-state index contributed by atoms with van der Waals surface area (Å²) in [4.78, 5) is 51.1. The number of amides is 5. The molecular formula is C32H35ClN6O4. The van der Waals surface area contributed by atoms with E-state index in [1.807, 2.05) is 51.1 Å². The number of nitrogens with zero attached hydrogens (tertiary/aromatic N) is 2. The van der Waals surface area contributed by atoms with Gasteiger partial charge in [0, 0.05) is 34.3 Å². The van der Waals surface area contributed by atoms with Gasteiger partial charge in [-0.05, 0) is 61.7 Å². The highest BCUT2D eigenvalue weighted by atomic mass is 35.5. The molecule has 2 aliphatic rings. The molecule has 1 aromatic heterocycles. The number of piperidine rings is 1. The van der Waals surface area contributed by atoms with Crippen molar-refractivity contribution in [2.75, 3.05) is 10.6 Å². The van der Waals surface area contributed by atoms with E-state index in [9.17, 15) is 19.2 Å². The number of nitrogens with one attached hydrogen (secondary N) is 4. The van der Waals surface area contributed by atoms with E-state index in [4.69, 9.17) is 16.7 Å². The normalized spacial score (nSPS) is 21.5. The Hall–Kier alpha value is -4.44. The first kappa shape index (κ1) is 30.0. The smallest absolute Gasteiger partial charge is 0.324 e. The lowest BCUT2D eigenvalue weighted by atomic mass is 9.62. The molecule has 1 aliphatic heterocycles. The van der Waals surface area contributed by atoms with Crippen molar-refractivity contribution in [3.05, 3.63) is 82.5 Å². The van der Waals surface area contributed by atoms with E-state index in [2.05, 4.69) is 21.3 Å². The van der Waals surface area contributed by atoms with E-state index in [1.54, 1.807) is 48.9 Å². The first-order valence-electron chi connectivity index (χ1n) is 14.0. The number of imide groups is 1. The number of rotatable bonds is 6. The average Bonchev–Trinajstić information content (AvgIpc) is 3.36. The fourth-order valence-electron chi connectivity index (χ4n) is 5.59. The number of urea groups is 1. The summed E-state index contributed by atoms with van der Waals surface area (Å²) in [5, 5.41) is 16.4. The molecule has 2 atom stereocenters. The Bertz CT molecular complexity index is 1650. The van der Waals surface area contributed by atoms with Gasteiger partial charge in [-0.2, -0.15) is 5.10 Å². The highest BCUT2D eigenvalue weighted by Gasteiger charge is 2.51. The lowest BCUT2D eigenvalue weighted by Crippen LogP contribution is -2.55. The topological polar surface area (TPSA) is 134 Å². The van der Waals surface area contributed by atoms with Gasteiger partial charge in [-0.15, -0.1) is 0 Å². The quantitative estimate of drug-likeness (QED) is 0.278. The van der Waals surface area contributed by atoms with Gasteiger partial charge in [-0.25, -0.2) is 9.48 Å². The summed E-state index contributed by atoms with van der Waals surface area (Å²) in [7, 11) is 0. The fourth-order valence-corrected chi connectivity index (χ4v) is 5.72. The number of halogens is 1. The van der Waals surface area contributed by atoms with Gasteiger partial charge < -0.3 is 10.6 Å². The van der Waals surface area contributed by atoms with Crippen LogP contribution in [-0.4, -0.2) is 33.5 Å². The molecule has 2 heterocycles. The number of carbonyl (C=O) groups is 4. The number of benzene rings is 2. The van der Waals surface area contributed by atoms with Gasteiger partial charge in [-0.3, -0.25) is 25.0 Å². The summed E-state index contributed by atoms with van der Waals surface area (Å²) in [5.74, 6) is -0.573. The lowest BCUT2D eigenvalue weighted by Gasteiger charge is -2.43. The zero-order chi connectivity index (χ0) is 31.2. The van der Waals surface area contributed by atoms with Gasteiger partial charge in [0.2, 0.25) is 11.8 Å². The maximum absolute atomic E-state index is 13.4. The van der Waals surface area contributed by atoms with Gasteiger partial charge in [0.05, 0.1) is 22.2 Å². The lowest BCUT2D eigenvalue weighted by molar-refractivity contribution is -0.142. The van der Waals surface area contributed by atoms with E-state index >= 15 is 0 Å². The molecule has 1 fully saturated rings. The standard InChI is InChI=1S/C32H35ClN6O4/c1-30(2,3)24-14-25(36-29(43)35-22-11-9-21(33)10-12-22)39(38-24)23-8-6-7-19(13-23)17-34-27(41)31(4)15-20-16-32(5,18-31)28(42)37-26(20)40/h6-15H,16-18H2,1-5H3,(H,34,41)(H2,35,36,43)(H,37,40,42). The summed E-state index contributed by atoms with van der Waals surface area (Å²) >= 11 is 5.95. The zero-order valence-electron chi connectivity index (χ0n) is 24.8. The minimum absolute atomic E-state index is 0.218. The van der Waals surface area contributed by atoms with Gasteiger partial charge in [0.25, 0.3) is 5.91 Å². The number of hydrogen-bond acceptors (Lipinski definition) is 5. The molecule has 1 aliphatic carbocycles. The number of fused-ring (bicyclic) bond motifs is 2. The highest BCUT2D eigenvalue weighted by Crippen LogP contribution is 2.47. The molecule has 5 amide bonds. The van der Waals surface area contributed by atoms with Crippen LogP contribution in [0.15, 0.2) is 66.2 Å². The highest BCUT2D eigenvalue weighted by molar-refractivity contribution is 6.30. The van der Waals surface area contributed by atoms with E-state index < -0.39 is 22.8 Å². The van der Waals surface area contributed by atoms with E-state index in [0.717, 1.165) is 11.3 Å². The second kappa shape index (κ2) is 11.0. The van der Waals surface area contributed by atoms with Crippen LogP contribution in [0.2, 0.25) is 5.02 Å². The summed E-state index contributed by atoms with van der Waals surface area (Å²) < 4.78 is 1.66. The number of anilines is 2. The van der Waals surface area contributed by atoms with Crippen LogP contribution in [0.5, 0.6) is 0 Å². The Morgan fingerprint density at radius 2 is 1.77 bits per heavy atom. The van der Waals surface area contributed by atoms with Gasteiger partial charge in [0.1, 0.15) is 5.82 Å². The zero-order valence-corrected chi connectivity index (χ0v) is 25.6. The molecule has 5 rings (SSSR count). The molecule has 11 heteroatoms. The molecule has 0 radical (unpaired) electrons. The van der Waals surface area contributed by atoms with E-state index in [0.29, 0.717) is 40.6 Å². The van der Waals surface area contributed by atoms with Gasteiger partial charge in [-0.1, -0.05) is 57.5 Å². The van der Waals surface area contributed by atoms with Crippen molar-refractivity contribution in [2.45, 2.75) is 59.4 Å². The molecule has 2 bridgehead atoms. The first-order valence-corrected chi connectivity index (χ1v) is 14.4. The van der Waals surface area contributed by atoms with Crippen molar-refractivity contribution in [1.82, 2.24) is 20.4 Å². The minimum atomic E-state index is -1.01. The Labute approximate surface area is 255 Å². The molecular weight excluding hydrogens is 568 g/mol. The van der Waals surface area contributed by atoms with Crippen molar-refractivity contribution in [3.63, 3.8) is 0 Å². The Morgan fingerprint density at radius 1 is 1.05 bits per heavy atom. The third kappa shape index (κ3) is 6.34. The summed E-state index contributed by atoms with van der Waals surface area (Å²) in [6.45, 7) is 9.87. The largest absolute Gasteiger partial charge is 0.351 e. The SMILES string of the molecule is CC1(C(=O)NCc2cccc(-n3nc(C(C)(C)C)cc3NC(=O)Nc3ccc(Cl)cc3)c2)C=C2CC(C)(C1)C(=O)NC2=O. The van der Waals surface area contributed by atoms with Crippen molar-refractivity contribution in [2.24, 2.45) is 10.8 Å². The van der Waals surface area contributed by atoms with Crippen LogP contribution in [0.25, 0.3) is 5.69 Å². The van der Waals surface area contributed by atoms with Crippen LogP contribution < -0.4 is 21.3 Å². The molecule has 4 N–H and O–H groups in total. The third-order valence-corrected chi connectivity index (χ3v) is 8.10. The molecule has 10 nitrogen and oxygen atoms in total. The number of hydrogen-bond donors (Lipinski definition) is 4. The molecule has 1 saturated heterocycles. The Balaban J connectivity index is 1.35. The van der Waals surface area contributed by atoms with Crippen molar-refractivity contribution < 1.29 is 19.2 Å². The Morgan fingerprint density at radius 3 is 2.47 bits per heavy atom. The summed E-state index contributed by atoms with van der Waals surface area (Å²) in [6, 6.07) is 15.7. The van der Waals surface area contributed by atoms with Crippen molar-refractivity contribution in [1.29, 1.82) is 0 Å². The van der Waals surface area contributed by atoms with Crippen molar-refractivity contribution >= 4 is 46.9 Å². The van der Waals surface area contributed by atoms with Crippen LogP contribution in [0.1, 0.15) is 58.7 Å². The average molecular weight is 603 g/mol. The van der Waals surface area contributed by atoms with Crippen LogP contribution in [-0.2, 0) is 26.3 Å². The van der Waals surface area contributed by atoms with Crippen LogP contribution in [0, 0.1) is 10.8 Å². The molecule has 2 aromatic carbocycles. The first-order chi connectivity index (χ1) is 20.1. The number of carbonyl (C=O) groups excluding carboxylic acids is 4. The maximum Gasteiger partial charge on any atom is 0.324 e. The van der Waals surface area contributed by atoms with Gasteiger partial charge in [0.15, 0.2) is 0 Å². The molecule has 224 valence electrons. The van der Waals surface area contributed by atoms with E-state index in [1.165, 1.54) is 0 Å². The molecule has 3 aromatic rings.